The van der Waals surface area contributed by atoms with E-state index in [1.54, 1.807) is 0 Å². The van der Waals surface area contributed by atoms with Gasteiger partial charge in [0.15, 0.2) is 0 Å². The lowest BCUT2D eigenvalue weighted by Crippen LogP contribution is -2.37. The number of unbranched alkanes of at least 4 members (excludes halogenated alkanes) is 18. The summed E-state index contributed by atoms with van der Waals surface area (Å²) in [7, 11) is 0. The first-order valence-electron chi connectivity index (χ1n) is 23.7. The van der Waals surface area contributed by atoms with E-state index in [4.69, 9.17) is 9.47 Å². The Kier molecular flexibility index (Phi) is 39.6. The molecule has 3 atom stereocenters. The Morgan fingerprint density at radius 3 is 1.31 bits per heavy atom. The number of hydrogen-bond acceptors (Lipinski definition) is 8. The third-order valence-corrected chi connectivity index (χ3v) is 11.1. The Bertz CT molecular complexity index is 868. The number of ketones is 1. The molecule has 0 aliphatic carbocycles. The normalized spacial score (nSPS) is 13.2. The molecule has 0 aromatic carbocycles. The second kappa shape index (κ2) is 40.7. The molecular formula is C47H91NO7. The Hall–Kier alpha value is -1.51. The smallest absolute Gasteiger partial charge is 0.308 e. The van der Waals surface area contributed by atoms with E-state index in [1.807, 2.05) is 4.90 Å². The highest BCUT2D eigenvalue weighted by atomic mass is 16.5. The average Bonchev–Trinajstić information content (AvgIpc) is 3.17. The largest absolute Gasteiger partial charge is 0.465 e. The molecule has 2 unspecified atom stereocenters. The molecule has 55 heavy (non-hydrogen) atoms. The third-order valence-electron chi connectivity index (χ3n) is 11.1. The summed E-state index contributed by atoms with van der Waals surface area (Å²) in [5, 5.41) is 20.2. The Balaban J connectivity index is 4.54. The number of carbonyl (C=O) groups is 3. The number of Topliss-reactive ketones (excluding diaryl/α,β-unsaturated/α-hetero) is 1. The van der Waals surface area contributed by atoms with E-state index < -0.39 is 6.10 Å². The summed E-state index contributed by atoms with van der Waals surface area (Å²) in [5.74, 6) is -0.0283. The number of carbonyl (C=O) groups excluding carboxylic acids is 3. The summed E-state index contributed by atoms with van der Waals surface area (Å²) in [6.45, 7) is 10.8. The molecule has 2 N–H and O–H groups in total. The van der Waals surface area contributed by atoms with Gasteiger partial charge in [0, 0.05) is 26.1 Å². The zero-order valence-corrected chi connectivity index (χ0v) is 36.8. The summed E-state index contributed by atoms with van der Waals surface area (Å²) >= 11 is 0. The van der Waals surface area contributed by atoms with Gasteiger partial charge in [-0.2, -0.15) is 0 Å². The second-order valence-corrected chi connectivity index (χ2v) is 16.5. The number of hydrogen-bond donors (Lipinski definition) is 2. The summed E-state index contributed by atoms with van der Waals surface area (Å²) in [4.78, 5) is 40.7. The van der Waals surface area contributed by atoms with Gasteiger partial charge in [-0.25, -0.2) is 0 Å². The maximum Gasteiger partial charge on any atom is 0.308 e. The maximum absolute atomic E-state index is 13.0. The van der Waals surface area contributed by atoms with Crippen molar-refractivity contribution in [2.75, 3.05) is 39.5 Å². The average molecular weight is 782 g/mol. The van der Waals surface area contributed by atoms with Crippen LogP contribution < -0.4 is 0 Å². The van der Waals surface area contributed by atoms with E-state index in [0.717, 1.165) is 57.8 Å². The molecule has 326 valence electrons. The minimum atomic E-state index is -0.591. The van der Waals surface area contributed by atoms with Gasteiger partial charge in [0.25, 0.3) is 0 Å². The number of rotatable bonds is 43. The number of esters is 2. The lowest BCUT2D eigenvalue weighted by Gasteiger charge is -2.24. The van der Waals surface area contributed by atoms with Crippen molar-refractivity contribution in [1.29, 1.82) is 0 Å². The van der Waals surface area contributed by atoms with Gasteiger partial charge in [0.05, 0.1) is 37.7 Å². The molecule has 8 nitrogen and oxygen atoms in total. The Morgan fingerprint density at radius 2 is 0.873 bits per heavy atom. The minimum Gasteiger partial charge on any atom is -0.465 e. The van der Waals surface area contributed by atoms with Gasteiger partial charge in [-0.15, -0.1) is 0 Å². The molecule has 0 aromatic rings. The highest BCUT2D eigenvalue weighted by molar-refractivity contribution is 5.80. The van der Waals surface area contributed by atoms with Gasteiger partial charge in [0.2, 0.25) is 0 Å². The topological polar surface area (TPSA) is 113 Å². The van der Waals surface area contributed by atoms with Crippen LogP contribution in [-0.2, 0) is 23.9 Å². The molecule has 0 heterocycles. The number of aliphatic hydroxyl groups is 2. The standard InChI is InChI=1S/C47H91NO7/c1-5-9-13-17-19-23-32-42(30-21-15-11-7-3)46(52)54-38-27-25-34-44(50)40-48(36-29-37-49)41-45(51)35-26-28-39-55-47(53)43(31-22-16-12-8-4)33-24-20-18-14-10-6-2/h42-44,49-50H,5-41H2,1-4H3/t42?,43?,44-/m1/s1. The first-order valence-corrected chi connectivity index (χ1v) is 23.7. The molecule has 0 rings (SSSR count). The van der Waals surface area contributed by atoms with Gasteiger partial charge in [-0.05, 0) is 64.2 Å². The van der Waals surface area contributed by atoms with E-state index in [-0.39, 0.29) is 42.7 Å². The molecule has 0 fully saturated rings. The van der Waals surface area contributed by atoms with Crippen molar-refractivity contribution in [3.8, 4) is 0 Å². The van der Waals surface area contributed by atoms with Crippen LogP contribution in [0.4, 0.5) is 0 Å². The molecule has 0 saturated carbocycles. The van der Waals surface area contributed by atoms with E-state index in [9.17, 15) is 24.6 Å². The van der Waals surface area contributed by atoms with Gasteiger partial charge in [-0.3, -0.25) is 19.3 Å². The molecule has 0 spiro atoms. The summed E-state index contributed by atoms with van der Waals surface area (Å²) < 4.78 is 11.4. The van der Waals surface area contributed by atoms with Crippen molar-refractivity contribution >= 4 is 17.7 Å². The predicted octanol–water partition coefficient (Wildman–Crippen LogP) is 11.7. The van der Waals surface area contributed by atoms with E-state index in [0.29, 0.717) is 64.8 Å². The third kappa shape index (κ3) is 34.3. The quantitative estimate of drug-likeness (QED) is 0.0464. The fourth-order valence-electron chi connectivity index (χ4n) is 7.47. The van der Waals surface area contributed by atoms with Crippen molar-refractivity contribution in [1.82, 2.24) is 4.90 Å². The van der Waals surface area contributed by atoms with E-state index in [1.165, 1.54) is 103 Å². The van der Waals surface area contributed by atoms with Crippen LogP contribution in [0, 0.1) is 11.8 Å². The first-order chi connectivity index (χ1) is 26.8. The second-order valence-electron chi connectivity index (χ2n) is 16.5. The van der Waals surface area contributed by atoms with Crippen molar-refractivity contribution in [2.45, 2.75) is 233 Å². The highest BCUT2D eigenvalue weighted by Crippen LogP contribution is 2.22. The molecule has 0 aliphatic rings. The zero-order valence-electron chi connectivity index (χ0n) is 36.8. The fourth-order valence-corrected chi connectivity index (χ4v) is 7.47. The van der Waals surface area contributed by atoms with E-state index >= 15 is 0 Å². The molecule has 0 radical (unpaired) electrons. The van der Waals surface area contributed by atoms with Crippen LogP contribution in [0.5, 0.6) is 0 Å². The summed E-state index contributed by atoms with van der Waals surface area (Å²) in [6, 6.07) is 0. The van der Waals surface area contributed by atoms with Crippen LogP contribution in [0.2, 0.25) is 0 Å². The van der Waals surface area contributed by atoms with Crippen molar-refractivity contribution in [3.05, 3.63) is 0 Å². The number of ether oxygens (including phenoxy) is 2. The van der Waals surface area contributed by atoms with E-state index in [2.05, 4.69) is 27.7 Å². The van der Waals surface area contributed by atoms with Crippen molar-refractivity contribution in [2.24, 2.45) is 11.8 Å². The van der Waals surface area contributed by atoms with Crippen LogP contribution in [0.15, 0.2) is 0 Å². The molecule has 0 aliphatic heterocycles. The number of nitrogens with zero attached hydrogens (tertiary/aromatic N) is 1. The lowest BCUT2D eigenvalue weighted by atomic mass is 9.94. The number of aliphatic hydroxyl groups excluding tert-OH is 2. The zero-order chi connectivity index (χ0) is 40.6. The molecular weight excluding hydrogens is 691 g/mol. The van der Waals surface area contributed by atoms with Gasteiger partial charge >= 0.3 is 11.9 Å². The SMILES string of the molecule is CCCCCCCCC(CCCCCC)C(=O)OCCCCC(=O)CN(CCCO)C[C@H](O)CCCCOC(=O)C(CCCCCC)CCCCCCCC. The lowest BCUT2D eigenvalue weighted by molar-refractivity contribution is -0.150. The molecule has 0 saturated heterocycles. The van der Waals surface area contributed by atoms with Gasteiger partial charge < -0.3 is 19.7 Å². The van der Waals surface area contributed by atoms with Gasteiger partial charge in [-0.1, -0.05) is 156 Å². The van der Waals surface area contributed by atoms with Gasteiger partial charge in [0.1, 0.15) is 5.78 Å². The van der Waals surface area contributed by atoms with Crippen LogP contribution in [0.1, 0.15) is 227 Å². The minimum absolute atomic E-state index is 0.00145. The van der Waals surface area contributed by atoms with Crippen LogP contribution in [0.25, 0.3) is 0 Å². The summed E-state index contributed by atoms with van der Waals surface area (Å²) in [6.07, 6.45) is 31.3. The highest BCUT2D eigenvalue weighted by Gasteiger charge is 2.21. The van der Waals surface area contributed by atoms with Crippen LogP contribution >= 0.6 is 0 Å². The summed E-state index contributed by atoms with van der Waals surface area (Å²) in [5.41, 5.74) is 0. The molecule has 8 heteroatoms. The van der Waals surface area contributed by atoms with Crippen molar-refractivity contribution in [3.63, 3.8) is 0 Å². The monoisotopic (exact) mass is 782 g/mol. The first kappa shape index (κ1) is 53.5. The molecule has 0 amide bonds. The molecule has 0 bridgehead atoms. The van der Waals surface area contributed by atoms with Crippen molar-refractivity contribution < 1.29 is 34.1 Å². The van der Waals surface area contributed by atoms with Crippen LogP contribution in [0.3, 0.4) is 0 Å². The molecule has 0 aromatic heterocycles. The fraction of sp³-hybridized carbons (Fsp3) is 0.936. The Morgan fingerprint density at radius 1 is 0.491 bits per heavy atom. The Labute approximate surface area is 340 Å². The van der Waals surface area contributed by atoms with Crippen LogP contribution in [-0.4, -0.2) is 78.4 Å². The maximum atomic E-state index is 13.0. The predicted molar refractivity (Wildman–Crippen MR) is 229 cm³/mol.